The summed E-state index contributed by atoms with van der Waals surface area (Å²) in [7, 11) is 0. The normalized spacial score (nSPS) is 35.7. The van der Waals surface area contributed by atoms with E-state index in [1.807, 2.05) is 0 Å². The third-order valence-electron chi connectivity index (χ3n) is 8.23. The van der Waals surface area contributed by atoms with Crippen LogP contribution in [0.3, 0.4) is 0 Å². The first kappa shape index (κ1) is 27.4. The van der Waals surface area contributed by atoms with Gasteiger partial charge in [0.15, 0.2) is 0 Å². The van der Waals surface area contributed by atoms with Crippen LogP contribution in [0.1, 0.15) is 107 Å². The molecular weight excluding hydrogens is 428 g/mol. The monoisotopic (exact) mass is 478 g/mol. The van der Waals surface area contributed by atoms with Gasteiger partial charge in [-0.2, -0.15) is 0 Å². The van der Waals surface area contributed by atoms with E-state index in [4.69, 9.17) is 9.47 Å². The molecule has 0 aromatic carbocycles. The van der Waals surface area contributed by atoms with Gasteiger partial charge in [0.2, 0.25) is 0 Å². The van der Waals surface area contributed by atoms with Gasteiger partial charge in [0.25, 0.3) is 0 Å². The molecule has 3 fully saturated rings. The molecule has 2 N–H and O–H groups in total. The fourth-order valence-electron chi connectivity index (χ4n) is 6.25. The van der Waals surface area contributed by atoms with E-state index < -0.39 is 0 Å². The van der Waals surface area contributed by atoms with Crippen LogP contribution in [0.25, 0.3) is 0 Å². The standard InChI is InChI=1S/C28H50N2O4/c1-17(2)23-13-21(15-27(5,6)29-23)33-25(31)19-9-11-20(12-10-19)26(32)34-22-14-24(18(3)4)30-28(7,8)16-22/h17-24,29-30H,9-16H2,1-8H3. The first-order chi connectivity index (χ1) is 15.7. The number of carbonyl (C=O) groups excluding carboxylic acids is 2. The highest BCUT2D eigenvalue weighted by Gasteiger charge is 2.40. The minimum Gasteiger partial charge on any atom is -0.462 e. The number of carbonyl (C=O) groups is 2. The molecular formula is C28H50N2O4. The Morgan fingerprint density at radius 2 is 1.00 bits per heavy atom. The van der Waals surface area contributed by atoms with Gasteiger partial charge in [0.05, 0.1) is 11.8 Å². The average Bonchev–Trinajstić information content (AvgIpc) is 2.71. The van der Waals surface area contributed by atoms with Gasteiger partial charge in [0.1, 0.15) is 12.2 Å². The number of hydrogen-bond donors (Lipinski definition) is 2. The number of piperidine rings is 2. The topological polar surface area (TPSA) is 76.7 Å². The zero-order chi connectivity index (χ0) is 25.3. The Hall–Kier alpha value is -1.14. The summed E-state index contributed by atoms with van der Waals surface area (Å²) in [5, 5.41) is 7.39. The largest absolute Gasteiger partial charge is 0.462 e. The summed E-state index contributed by atoms with van der Waals surface area (Å²) in [6.45, 7) is 17.6. The SMILES string of the molecule is CC(C)C1CC(OC(=O)C2CCC(C(=O)OC3CC(C(C)C)NC(C)(C)C3)CC2)CC(C)(C)N1. The van der Waals surface area contributed by atoms with Crippen LogP contribution in [0.2, 0.25) is 0 Å². The van der Waals surface area contributed by atoms with E-state index in [1.165, 1.54) is 0 Å². The van der Waals surface area contributed by atoms with Crippen LogP contribution >= 0.6 is 0 Å². The van der Waals surface area contributed by atoms with E-state index >= 15 is 0 Å². The fourth-order valence-corrected chi connectivity index (χ4v) is 6.25. The van der Waals surface area contributed by atoms with Crippen molar-refractivity contribution in [2.24, 2.45) is 23.7 Å². The Balaban J connectivity index is 1.47. The number of hydrogen-bond acceptors (Lipinski definition) is 6. The molecule has 0 bridgehead atoms. The Labute approximate surface area is 207 Å². The van der Waals surface area contributed by atoms with Gasteiger partial charge in [-0.15, -0.1) is 0 Å². The highest BCUT2D eigenvalue weighted by atomic mass is 16.5. The molecule has 0 aromatic rings. The van der Waals surface area contributed by atoms with Gasteiger partial charge in [-0.3, -0.25) is 9.59 Å². The van der Waals surface area contributed by atoms with E-state index in [1.54, 1.807) is 0 Å². The maximum Gasteiger partial charge on any atom is 0.309 e. The molecule has 34 heavy (non-hydrogen) atoms. The van der Waals surface area contributed by atoms with Gasteiger partial charge in [-0.1, -0.05) is 27.7 Å². The number of ether oxygens (including phenoxy) is 2. The lowest BCUT2D eigenvalue weighted by atomic mass is 9.81. The smallest absolute Gasteiger partial charge is 0.309 e. The predicted octanol–water partition coefficient (Wildman–Crippen LogP) is 4.99. The second-order valence-corrected chi connectivity index (χ2v) is 13.3. The van der Waals surface area contributed by atoms with Crippen LogP contribution in [0.5, 0.6) is 0 Å². The van der Waals surface area contributed by atoms with Crippen LogP contribution in [-0.2, 0) is 19.1 Å². The summed E-state index contributed by atoms with van der Waals surface area (Å²) >= 11 is 0. The zero-order valence-electron chi connectivity index (χ0n) is 22.9. The summed E-state index contributed by atoms with van der Waals surface area (Å²) in [5.41, 5.74) is -0.0608. The number of nitrogens with one attached hydrogen (secondary N) is 2. The highest BCUT2D eigenvalue weighted by Crippen LogP contribution is 2.34. The molecule has 3 aliphatic rings. The van der Waals surface area contributed by atoms with Crippen LogP contribution in [0.4, 0.5) is 0 Å². The van der Waals surface area contributed by atoms with Gasteiger partial charge in [-0.05, 0) is 65.2 Å². The molecule has 0 radical (unpaired) electrons. The first-order valence-electron chi connectivity index (χ1n) is 13.7. The average molecular weight is 479 g/mol. The molecule has 6 nitrogen and oxygen atoms in total. The van der Waals surface area contributed by atoms with Crippen molar-refractivity contribution >= 4 is 11.9 Å². The Bertz CT molecular complexity index is 649. The van der Waals surface area contributed by atoms with Crippen molar-refractivity contribution in [3.05, 3.63) is 0 Å². The predicted molar refractivity (Wildman–Crippen MR) is 135 cm³/mol. The van der Waals surface area contributed by atoms with Crippen LogP contribution in [0, 0.1) is 23.7 Å². The van der Waals surface area contributed by atoms with E-state index in [9.17, 15) is 9.59 Å². The minimum atomic E-state index is -0.0947. The third kappa shape index (κ3) is 7.43. The summed E-state index contributed by atoms with van der Waals surface area (Å²) in [4.78, 5) is 25.9. The van der Waals surface area contributed by atoms with E-state index in [-0.39, 0.29) is 47.1 Å². The second kappa shape index (κ2) is 10.9. The van der Waals surface area contributed by atoms with Crippen LogP contribution < -0.4 is 10.6 Å². The van der Waals surface area contributed by atoms with Crippen molar-refractivity contribution in [2.45, 2.75) is 142 Å². The van der Waals surface area contributed by atoms with E-state index in [0.717, 1.165) is 25.7 Å². The molecule has 0 aromatic heterocycles. The van der Waals surface area contributed by atoms with Gasteiger partial charge in [-0.25, -0.2) is 0 Å². The lowest BCUT2D eigenvalue weighted by Gasteiger charge is -2.43. The molecule has 196 valence electrons. The first-order valence-corrected chi connectivity index (χ1v) is 13.7. The minimum absolute atomic E-state index is 0.0304. The van der Waals surface area contributed by atoms with E-state index in [2.05, 4.69) is 66.0 Å². The molecule has 2 aliphatic heterocycles. The highest BCUT2D eigenvalue weighted by molar-refractivity contribution is 5.75. The summed E-state index contributed by atoms with van der Waals surface area (Å²) in [6, 6.07) is 0.727. The molecule has 4 unspecified atom stereocenters. The van der Waals surface area contributed by atoms with Crippen molar-refractivity contribution < 1.29 is 19.1 Å². The Morgan fingerprint density at radius 1 is 0.676 bits per heavy atom. The maximum absolute atomic E-state index is 13.0. The van der Waals surface area contributed by atoms with Crippen molar-refractivity contribution in [3.8, 4) is 0 Å². The Morgan fingerprint density at radius 3 is 1.29 bits per heavy atom. The summed E-state index contributed by atoms with van der Waals surface area (Å²) in [5.74, 6) is 0.673. The van der Waals surface area contributed by atoms with Crippen molar-refractivity contribution in [3.63, 3.8) is 0 Å². The van der Waals surface area contributed by atoms with Gasteiger partial charge in [0, 0.05) is 48.8 Å². The van der Waals surface area contributed by atoms with Gasteiger partial charge < -0.3 is 20.1 Å². The lowest BCUT2D eigenvalue weighted by Crippen LogP contribution is -2.56. The summed E-state index contributed by atoms with van der Waals surface area (Å²) < 4.78 is 12.0. The molecule has 0 spiro atoms. The molecule has 6 heteroatoms. The molecule has 3 rings (SSSR count). The molecule has 2 heterocycles. The van der Waals surface area contributed by atoms with Gasteiger partial charge >= 0.3 is 11.9 Å². The molecule has 0 amide bonds. The zero-order valence-corrected chi connectivity index (χ0v) is 22.9. The van der Waals surface area contributed by atoms with Crippen molar-refractivity contribution in [1.29, 1.82) is 0 Å². The summed E-state index contributed by atoms with van der Waals surface area (Å²) in [6.07, 6.45) is 6.23. The second-order valence-electron chi connectivity index (χ2n) is 13.3. The lowest BCUT2D eigenvalue weighted by molar-refractivity contribution is -0.164. The Kier molecular flexibility index (Phi) is 8.77. The number of rotatable bonds is 6. The molecule has 4 atom stereocenters. The quantitative estimate of drug-likeness (QED) is 0.524. The van der Waals surface area contributed by atoms with Crippen molar-refractivity contribution in [2.75, 3.05) is 0 Å². The van der Waals surface area contributed by atoms with E-state index in [0.29, 0.717) is 49.6 Å². The molecule has 1 saturated carbocycles. The number of esters is 2. The van der Waals surface area contributed by atoms with Crippen LogP contribution in [-0.4, -0.2) is 47.3 Å². The third-order valence-corrected chi connectivity index (χ3v) is 8.23. The maximum atomic E-state index is 13.0. The fraction of sp³-hybridized carbons (Fsp3) is 0.929. The molecule has 1 aliphatic carbocycles. The molecule has 2 saturated heterocycles. The van der Waals surface area contributed by atoms with Crippen LogP contribution in [0.15, 0.2) is 0 Å². The van der Waals surface area contributed by atoms with Crippen molar-refractivity contribution in [1.82, 2.24) is 10.6 Å².